The zero-order chi connectivity index (χ0) is 28.6. The Hall–Kier alpha value is -4.90. The number of benzene rings is 2. The van der Waals surface area contributed by atoms with Crippen LogP contribution in [0.1, 0.15) is 42.5 Å². The van der Waals surface area contributed by atoms with Crippen LogP contribution >= 0.6 is 0 Å². The monoisotopic (exact) mass is 546 g/mol. The first-order chi connectivity index (χ1) is 20.0. The van der Waals surface area contributed by atoms with Gasteiger partial charge in [-0.25, -0.2) is 4.79 Å². The molecule has 0 bridgehead atoms. The lowest BCUT2D eigenvalue weighted by molar-refractivity contribution is 0.247. The van der Waals surface area contributed by atoms with Gasteiger partial charge in [-0.05, 0) is 85.5 Å². The van der Waals surface area contributed by atoms with E-state index in [2.05, 4.69) is 27.5 Å². The number of urea groups is 1. The summed E-state index contributed by atoms with van der Waals surface area (Å²) in [4.78, 5) is 20.0. The third kappa shape index (κ3) is 7.00. The van der Waals surface area contributed by atoms with Gasteiger partial charge in [0, 0.05) is 42.9 Å². The number of pyridine rings is 1. The Balaban J connectivity index is 1.33. The molecule has 1 unspecified atom stereocenters. The van der Waals surface area contributed by atoms with E-state index in [9.17, 15) is 4.79 Å². The number of nitrogens with zero attached hydrogens (tertiary/aromatic N) is 5. The van der Waals surface area contributed by atoms with Gasteiger partial charge < -0.3 is 10.1 Å². The van der Waals surface area contributed by atoms with Gasteiger partial charge in [-0.1, -0.05) is 30.3 Å². The minimum atomic E-state index is -0.159. The summed E-state index contributed by atoms with van der Waals surface area (Å²) in [6.07, 6.45) is 12.1. The molecule has 0 fully saturated rings. The number of methoxy groups -OCH3 is 1. The molecule has 208 valence electrons. The second kappa shape index (κ2) is 13.0. The van der Waals surface area contributed by atoms with E-state index in [-0.39, 0.29) is 6.03 Å². The van der Waals surface area contributed by atoms with Crippen molar-refractivity contribution in [3.05, 3.63) is 108 Å². The largest absolute Gasteiger partial charge is 0.497 e. The van der Waals surface area contributed by atoms with E-state index >= 15 is 0 Å². The van der Waals surface area contributed by atoms with Gasteiger partial charge in [0.2, 0.25) is 0 Å². The van der Waals surface area contributed by atoms with Crippen molar-refractivity contribution >= 4 is 11.7 Å². The van der Waals surface area contributed by atoms with Crippen molar-refractivity contribution in [3.63, 3.8) is 0 Å². The topological polar surface area (TPSA) is 96.1 Å². The summed E-state index contributed by atoms with van der Waals surface area (Å²) in [5.41, 5.74) is 6.47. The molecule has 0 spiro atoms. The maximum Gasteiger partial charge on any atom is 0.326 e. The molecule has 8 nitrogen and oxygen atoms in total. The van der Waals surface area contributed by atoms with Crippen LogP contribution in [-0.2, 0) is 20.0 Å². The molecular formula is C33H34N6O2. The van der Waals surface area contributed by atoms with Crippen molar-refractivity contribution in [2.75, 3.05) is 12.0 Å². The molecule has 0 radical (unpaired) electrons. The van der Waals surface area contributed by atoms with Gasteiger partial charge in [-0.2, -0.15) is 10.4 Å². The lowest BCUT2D eigenvalue weighted by Crippen LogP contribution is -2.39. The molecule has 41 heavy (non-hydrogen) atoms. The van der Waals surface area contributed by atoms with Crippen molar-refractivity contribution in [2.24, 2.45) is 13.0 Å². The van der Waals surface area contributed by atoms with E-state index in [1.165, 1.54) is 0 Å². The van der Waals surface area contributed by atoms with E-state index < -0.39 is 0 Å². The number of nitrogens with one attached hydrogen (secondary N) is 1. The molecule has 1 aliphatic rings. The predicted octanol–water partition coefficient (Wildman–Crippen LogP) is 6.40. The highest BCUT2D eigenvalue weighted by Gasteiger charge is 2.24. The van der Waals surface area contributed by atoms with Gasteiger partial charge in [0.25, 0.3) is 0 Å². The van der Waals surface area contributed by atoms with Crippen LogP contribution in [0.3, 0.4) is 0 Å². The molecule has 5 rings (SSSR count). The molecule has 1 aliphatic carbocycles. The first kappa shape index (κ1) is 27.7. The Kier molecular flexibility index (Phi) is 8.75. The van der Waals surface area contributed by atoms with Crippen LogP contribution in [0.5, 0.6) is 5.75 Å². The number of aromatic nitrogens is 3. The highest BCUT2D eigenvalue weighted by atomic mass is 16.5. The molecule has 2 heterocycles. The Morgan fingerprint density at radius 2 is 1.88 bits per heavy atom. The highest BCUT2D eigenvalue weighted by Crippen LogP contribution is 2.32. The number of hydrogen-bond donors (Lipinski definition) is 1. The van der Waals surface area contributed by atoms with Crippen molar-refractivity contribution < 1.29 is 9.53 Å². The Labute approximate surface area is 240 Å². The van der Waals surface area contributed by atoms with E-state index in [4.69, 9.17) is 10.00 Å². The van der Waals surface area contributed by atoms with E-state index in [0.717, 1.165) is 71.6 Å². The van der Waals surface area contributed by atoms with Crippen LogP contribution in [0.15, 0.2) is 91.0 Å². The van der Waals surface area contributed by atoms with E-state index in [1.807, 2.05) is 85.0 Å². The number of hydrogen-bond acceptors (Lipinski definition) is 5. The Morgan fingerprint density at radius 3 is 2.54 bits per heavy atom. The van der Waals surface area contributed by atoms with Crippen LogP contribution < -0.4 is 15.0 Å². The van der Waals surface area contributed by atoms with E-state index in [0.29, 0.717) is 18.0 Å². The Bertz CT molecular complexity index is 1530. The van der Waals surface area contributed by atoms with Gasteiger partial charge in [-0.3, -0.25) is 14.6 Å². The predicted molar refractivity (Wildman–Crippen MR) is 159 cm³/mol. The number of amides is 2. The molecule has 0 aliphatic heterocycles. The second-order valence-corrected chi connectivity index (χ2v) is 10.3. The molecule has 1 atom stereocenters. The summed E-state index contributed by atoms with van der Waals surface area (Å²) >= 11 is 0. The van der Waals surface area contributed by atoms with Crippen LogP contribution in [0.4, 0.5) is 10.5 Å². The molecule has 2 aromatic heterocycles. The number of nitriles is 1. The molecule has 2 amide bonds. The fraction of sp³-hybridized carbons (Fsp3) is 0.273. The standard InChI is InChI=1S/C33H34N6O2/c1-38-23-28(22-37-38)27-10-14-31(15-11-27)39(33(40)36-20-25-8-16-32(41-2)17-9-25)30-5-3-4-24(7-13-30)18-29-12-6-26(19-34)21-35-29/h5-6,8-12,14-17,21-24H,3-4,7,13,18,20H2,1-2H3,(H,36,40). The van der Waals surface area contributed by atoms with Gasteiger partial charge in [0.1, 0.15) is 11.8 Å². The van der Waals surface area contributed by atoms with Crippen LogP contribution in [0.2, 0.25) is 0 Å². The van der Waals surface area contributed by atoms with Crippen molar-refractivity contribution in [3.8, 4) is 22.9 Å². The first-order valence-electron chi connectivity index (χ1n) is 13.9. The lowest BCUT2D eigenvalue weighted by Gasteiger charge is -2.26. The lowest BCUT2D eigenvalue weighted by atomic mass is 9.94. The maximum absolute atomic E-state index is 13.7. The maximum atomic E-state index is 13.7. The number of anilines is 1. The molecule has 0 saturated carbocycles. The third-order valence-corrected chi connectivity index (χ3v) is 7.47. The Morgan fingerprint density at radius 1 is 1.07 bits per heavy atom. The molecule has 2 aromatic carbocycles. The summed E-state index contributed by atoms with van der Waals surface area (Å²) in [6.45, 7) is 0.410. The number of aryl methyl sites for hydroxylation is 1. The molecule has 0 saturated heterocycles. The molecular weight excluding hydrogens is 512 g/mol. The van der Waals surface area contributed by atoms with Crippen LogP contribution in [0.25, 0.3) is 11.1 Å². The zero-order valence-electron chi connectivity index (χ0n) is 23.5. The fourth-order valence-corrected chi connectivity index (χ4v) is 5.19. The molecule has 1 N–H and O–H groups in total. The van der Waals surface area contributed by atoms with Gasteiger partial charge >= 0.3 is 6.03 Å². The summed E-state index contributed by atoms with van der Waals surface area (Å²) < 4.78 is 7.04. The third-order valence-electron chi connectivity index (χ3n) is 7.47. The average molecular weight is 547 g/mol. The minimum absolute atomic E-state index is 0.159. The smallest absolute Gasteiger partial charge is 0.326 e. The zero-order valence-corrected chi connectivity index (χ0v) is 23.5. The second-order valence-electron chi connectivity index (χ2n) is 10.3. The van der Waals surface area contributed by atoms with Gasteiger partial charge in [-0.15, -0.1) is 0 Å². The number of rotatable bonds is 8. The average Bonchev–Trinajstić information content (AvgIpc) is 3.32. The van der Waals surface area contributed by atoms with Crippen molar-refractivity contribution in [1.29, 1.82) is 5.26 Å². The summed E-state index contributed by atoms with van der Waals surface area (Å²) in [7, 11) is 3.54. The summed E-state index contributed by atoms with van der Waals surface area (Å²) in [5, 5.41) is 16.5. The number of allylic oxidation sites excluding steroid dienone is 2. The van der Waals surface area contributed by atoms with Gasteiger partial charge in [0.05, 0.1) is 24.6 Å². The van der Waals surface area contributed by atoms with Crippen LogP contribution in [-0.4, -0.2) is 27.9 Å². The van der Waals surface area contributed by atoms with Gasteiger partial charge in [0.15, 0.2) is 0 Å². The van der Waals surface area contributed by atoms with Crippen LogP contribution in [0, 0.1) is 17.2 Å². The number of ether oxygens (including phenoxy) is 1. The summed E-state index contributed by atoms with van der Waals surface area (Å²) in [5.74, 6) is 1.23. The number of carbonyl (C=O) groups is 1. The van der Waals surface area contributed by atoms with Crippen molar-refractivity contribution in [1.82, 2.24) is 20.1 Å². The summed E-state index contributed by atoms with van der Waals surface area (Å²) in [6, 6.07) is 21.5. The quantitative estimate of drug-likeness (QED) is 0.276. The first-order valence-corrected chi connectivity index (χ1v) is 13.9. The van der Waals surface area contributed by atoms with E-state index in [1.54, 1.807) is 18.0 Å². The molecule has 4 aromatic rings. The number of carbonyl (C=O) groups excluding carboxylic acids is 1. The normalized spacial score (nSPS) is 14.9. The molecule has 8 heteroatoms. The van der Waals surface area contributed by atoms with Crippen molar-refractivity contribution in [2.45, 2.75) is 38.6 Å². The fourth-order valence-electron chi connectivity index (χ4n) is 5.19. The highest BCUT2D eigenvalue weighted by molar-refractivity contribution is 5.95. The SMILES string of the molecule is COc1ccc(CNC(=O)N(C2=CCCC(Cc3ccc(C#N)cn3)CC2)c2ccc(-c3cnn(C)c3)cc2)cc1. The minimum Gasteiger partial charge on any atom is -0.497 e.